The Kier molecular flexibility index (Phi) is 11.9. The molecular formula is C22H34IN5O3S. The smallest absolute Gasteiger partial charge is 0.350 e. The lowest BCUT2D eigenvalue weighted by molar-refractivity contribution is 0.0531. The van der Waals surface area contributed by atoms with Crippen LogP contribution >= 0.6 is 35.3 Å². The summed E-state index contributed by atoms with van der Waals surface area (Å²) in [5.41, 5.74) is 1.78. The number of para-hydroxylation sites is 1. The molecule has 10 heteroatoms. The van der Waals surface area contributed by atoms with Crippen LogP contribution in [0.4, 0.5) is 0 Å². The van der Waals surface area contributed by atoms with Crippen molar-refractivity contribution in [3.8, 4) is 5.75 Å². The summed E-state index contributed by atoms with van der Waals surface area (Å²) in [6.07, 6.45) is 0. The summed E-state index contributed by atoms with van der Waals surface area (Å²) < 4.78 is 10.6. The Morgan fingerprint density at radius 1 is 1.31 bits per heavy atom. The van der Waals surface area contributed by atoms with Crippen LogP contribution in [-0.2, 0) is 4.74 Å². The molecule has 0 amide bonds. The highest BCUT2D eigenvalue weighted by atomic mass is 127. The fourth-order valence-electron chi connectivity index (χ4n) is 3.16. The molecule has 178 valence electrons. The summed E-state index contributed by atoms with van der Waals surface area (Å²) in [5.74, 6) is 1.17. The minimum absolute atomic E-state index is 0. The number of benzene rings is 1. The van der Waals surface area contributed by atoms with Gasteiger partial charge in [0.15, 0.2) is 5.96 Å². The second-order valence-electron chi connectivity index (χ2n) is 7.23. The number of hydrogen-bond acceptors (Lipinski definition) is 7. The summed E-state index contributed by atoms with van der Waals surface area (Å²) in [4.78, 5) is 23.6. The van der Waals surface area contributed by atoms with E-state index in [1.165, 1.54) is 11.3 Å². The number of ether oxygens (including phenoxy) is 2. The molecule has 32 heavy (non-hydrogen) atoms. The van der Waals surface area contributed by atoms with Crippen LogP contribution < -0.4 is 15.4 Å². The van der Waals surface area contributed by atoms with Crippen LogP contribution in [0.2, 0.25) is 0 Å². The number of nitrogens with zero attached hydrogens (tertiary/aromatic N) is 3. The number of hydrogen-bond donors (Lipinski definition) is 2. The lowest BCUT2D eigenvalue weighted by atomic mass is 10.0. The molecule has 1 heterocycles. The Hall–Kier alpha value is -1.92. The third-order valence-corrected chi connectivity index (χ3v) is 6.13. The topological polar surface area (TPSA) is 88.1 Å². The first-order valence-corrected chi connectivity index (χ1v) is 11.0. The van der Waals surface area contributed by atoms with Crippen LogP contribution in [0.15, 0.2) is 29.3 Å². The zero-order valence-electron chi connectivity index (χ0n) is 19.8. The fraction of sp³-hybridized carbons (Fsp3) is 0.500. The van der Waals surface area contributed by atoms with Gasteiger partial charge in [-0.15, -0.1) is 35.3 Å². The summed E-state index contributed by atoms with van der Waals surface area (Å²) >= 11 is 1.34. The first-order chi connectivity index (χ1) is 14.8. The molecule has 1 aromatic carbocycles. The molecule has 2 aromatic rings. The standard InChI is InChI=1S/C22H33N5O3S.HI/c1-8-30-21(28)19-14(2)25-20(31-19)15(3)26-22(23-4)24-13-17(27(5)6)16-11-9-10-12-18(16)29-7;/h9-12,15,17H,8,13H2,1-7H3,(H2,23,24,26);1H. The van der Waals surface area contributed by atoms with E-state index in [0.717, 1.165) is 16.3 Å². The third kappa shape index (κ3) is 7.31. The maximum absolute atomic E-state index is 12.1. The van der Waals surface area contributed by atoms with Gasteiger partial charge in [0.25, 0.3) is 0 Å². The van der Waals surface area contributed by atoms with Gasteiger partial charge in [0, 0.05) is 19.2 Å². The average molecular weight is 576 g/mol. The predicted octanol–water partition coefficient (Wildman–Crippen LogP) is 3.78. The molecule has 0 fully saturated rings. The number of aromatic nitrogens is 1. The van der Waals surface area contributed by atoms with Crippen molar-refractivity contribution in [2.24, 2.45) is 4.99 Å². The van der Waals surface area contributed by atoms with Crippen LogP contribution in [0.5, 0.6) is 5.75 Å². The molecule has 0 aliphatic heterocycles. The Morgan fingerprint density at radius 3 is 2.59 bits per heavy atom. The molecule has 2 rings (SSSR count). The summed E-state index contributed by atoms with van der Waals surface area (Å²) in [7, 11) is 7.48. The third-order valence-electron chi connectivity index (χ3n) is 4.81. The van der Waals surface area contributed by atoms with Gasteiger partial charge < -0.3 is 25.0 Å². The number of likely N-dealkylation sites (N-methyl/N-ethyl adjacent to an activating group) is 1. The van der Waals surface area contributed by atoms with Crippen LogP contribution in [0.25, 0.3) is 0 Å². The van der Waals surface area contributed by atoms with Gasteiger partial charge in [-0.3, -0.25) is 4.99 Å². The van der Waals surface area contributed by atoms with Gasteiger partial charge in [0.05, 0.1) is 31.5 Å². The molecule has 0 bridgehead atoms. The normalized spacial score (nSPS) is 13.2. The SMILES string of the molecule is CCOC(=O)c1sc(C(C)NC(=NC)NCC(c2ccccc2OC)N(C)C)nc1C.I. The van der Waals surface area contributed by atoms with Crippen molar-refractivity contribution in [3.05, 3.63) is 45.4 Å². The molecule has 0 saturated heterocycles. The number of esters is 1. The van der Waals surface area contributed by atoms with Crippen molar-refractivity contribution in [3.63, 3.8) is 0 Å². The molecule has 2 N–H and O–H groups in total. The predicted molar refractivity (Wildman–Crippen MR) is 141 cm³/mol. The maximum atomic E-state index is 12.1. The van der Waals surface area contributed by atoms with Gasteiger partial charge in [-0.2, -0.15) is 0 Å². The fourth-order valence-corrected chi connectivity index (χ4v) is 4.12. The van der Waals surface area contributed by atoms with Gasteiger partial charge in [0.2, 0.25) is 0 Å². The maximum Gasteiger partial charge on any atom is 0.350 e. The highest BCUT2D eigenvalue weighted by molar-refractivity contribution is 14.0. The van der Waals surface area contributed by atoms with E-state index in [4.69, 9.17) is 9.47 Å². The zero-order valence-corrected chi connectivity index (χ0v) is 22.9. The molecule has 0 aliphatic rings. The van der Waals surface area contributed by atoms with Gasteiger partial charge in [-0.1, -0.05) is 18.2 Å². The largest absolute Gasteiger partial charge is 0.496 e. The van der Waals surface area contributed by atoms with E-state index in [2.05, 4.69) is 31.6 Å². The molecule has 0 saturated carbocycles. The van der Waals surface area contributed by atoms with Crippen molar-refractivity contribution >= 4 is 47.2 Å². The van der Waals surface area contributed by atoms with E-state index in [-0.39, 0.29) is 42.0 Å². The Morgan fingerprint density at radius 2 is 2.00 bits per heavy atom. The average Bonchev–Trinajstić information content (AvgIpc) is 3.15. The lowest BCUT2D eigenvalue weighted by Gasteiger charge is -2.27. The van der Waals surface area contributed by atoms with E-state index in [0.29, 0.717) is 29.7 Å². The van der Waals surface area contributed by atoms with Gasteiger partial charge in [-0.05, 0) is 40.9 Å². The number of aliphatic imine (C=N–C) groups is 1. The number of nitrogens with one attached hydrogen (secondary N) is 2. The van der Waals surface area contributed by atoms with E-state index >= 15 is 0 Å². The van der Waals surface area contributed by atoms with Crippen molar-refractivity contribution in [1.82, 2.24) is 20.5 Å². The van der Waals surface area contributed by atoms with E-state index in [1.807, 2.05) is 46.1 Å². The molecule has 0 aliphatic carbocycles. The Balaban J connectivity index is 0.00000512. The van der Waals surface area contributed by atoms with Crippen LogP contribution in [0, 0.1) is 6.92 Å². The number of aryl methyl sites for hydroxylation is 1. The minimum Gasteiger partial charge on any atom is -0.496 e. The van der Waals surface area contributed by atoms with Crippen LogP contribution in [0.1, 0.15) is 51.9 Å². The summed E-state index contributed by atoms with van der Waals surface area (Å²) in [6.45, 7) is 6.57. The van der Waals surface area contributed by atoms with E-state index in [9.17, 15) is 4.79 Å². The molecule has 0 radical (unpaired) electrons. The Labute approximate surface area is 211 Å². The van der Waals surface area contributed by atoms with Crippen molar-refractivity contribution in [2.45, 2.75) is 32.9 Å². The van der Waals surface area contributed by atoms with Gasteiger partial charge in [-0.25, -0.2) is 9.78 Å². The summed E-state index contributed by atoms with van der Waals surface area (Å²) in [6, 6.07) is 7.97. The first-order valence-electron chi connectivity index (χ1n) is 10.2. The molecule has 8 nitrogen and oxygen atoms in total. The lowest BCUT2D eigenvalue weighted by Crippen LogP contribution is -2.42. The monoisotopic (exact) mass is 575 g/mol. The quantitative estimate of drug-likeness (QED) is 0.204. The second kappa shape index (κ2) is 13.6. The number of thiazole rings is 1. The highest BCUT2D eigenvalue weighted by Gasteiger charge is 2.22. The molecule has 1 aromatic heterocycles. The first kappa shape index (κ1) is 28.1. The Bertz CT molecular complexity index is 903. The van der Waals surface area contributed by atoms with Gasteiger partial charge in [0.1, 0.15) is 15.6 Å². The van der Waals surface area contributed by atoms with Crippen LogP contribution in [0.3, 0.4) is 0 Å². The molecule has 0 spiro atoms. The molecular weight excluding hydrogens is 541 g/mol. The van der Waals surface area contributed by atoms with E-state index in [1.54, 1.807) is 21.1 Å². The number of carbonyl (C=O) groups excluding carboxylic acids is 1. The van der Waals surface area contributed by atoms with Gasteiger partial charge >= 0.3 is 5.97 Å². The zero-order chi connectivity index (χ0) is 23.0. The molecule has 2 atom stereocenters. The number of methoxy groups -OCH3 is 1. The highest BCUT2D eigenvalue weighted by Crippen LogP contribution is 2.27. The molecule has 2 unspecified atom stereocenters. The van der Waals surface area contributed by atoms with Crippen molar-refractivity contribution < 1.29 is 14.3 Å². The second-order valence-corrected chi connectivity index (χ2v) is 8.26. The number of carbonyl (C=O) groups is 1. The van der Waals surface area contributed by atoms with Crippen LogP contribution in [-0.4, -0.2) is 63.2 Å². The number of guanidine groups is 1. The number of rotatable bonds is 9. The summed E-state index contributed by atoms with van der Waals surface area (Å²) in [5, 5.41) is 7.55. The van der Waals surface area contributed by atoms with Crippen molar-refractivity contribution in [1.29, 1.82) is 0 Å². The number of halogens is 1. The van der Waals surface area contributed by atoms with E-state index < -0.39 is 0 Å². The minimum atomic E-state index is -0.330. The van der Waals surface area contributed by atoms with Crippen molar-refractivity contribution in [2.75, 3.05) is 41.4 Å².